The second kappa shape index (κ2) is 8.62. The van der Waals surface area contributed by atoms with Crippen molar-refractivity contribution in [2.24, 2.45) is 0 Å². The molecule has 0 spiro atoms. The minimum Gasteiger partial charge on any atom is -0.486 e. The maximum absolute atomic E-state index is 13.5. The number of benzene rings is 1. The SMILES string of the molecule is COC(=O)c1cncc(NC(=O)NC[C@H](C)Oc2ccccc2F)c1. The molecule has 2 amide bonds. The highest BCUT2D eigenvalue weighted by Crippen LogP contribution is 2.16. The van der Waals surface area contributed by atoms with Crippen molar-refractivity contribution in [2.45, 2.75) is 13.0 Å². The molecule has 1 aromatic carbocycles. The Morgan fingerprint density at radius 3 is 2.76 bits per heavy atom. The van der Waals surface area contributed by atoms with Crippen molar-refractivity contribution in [3.8, 4) is 5.75 Å². The van der Waals surface area contributed by atoms with Crippen molar-refractivity contribution >= 4 is 17.7 Å². The van der Waals surface area contributed by atoms with Gasteiger partial charge in [0.15, 0.2) is 11.6 Å². The topological polar surface area (TPSA) is 89.5 Å². The van der Waals surface area contributed by atoms with Gasteiger partial charge in [-0.2, -0.15) is 0 Å². The molecule has 1 heterocycles. The van der Waals surface area contributed by atoms with Crippen LogP contribution in [0.4, 0.5) is 14.9 Å². The summed E-state index contributed by atoms with van der Waals surface area (Å²) in [6, 6.07) is 6.96. The fraction of sp³-hybridized carbons (Fsp3) is 0.235. The van der Waals surface area contributed by atoms with Crippen LogP contribution in [0.5, 0.6) is 5.75 Å². The molecule has 8 heteroatoms. The van der Waals surface area contributed by atoms with E-state index in [1.807, 2.05) is 0 Å². The number of pyridine rings is 1. The number of rotatable bonds is 6. The van der Waals surface area contributed by atoms with Gasteiger partial charge in [-0.15, -0.1) is 0 Å². The summed E-state index contributed by atoms with van der Waals surface area (Å²) in [5, 5.41) is 5.13. The molecule has 0 aliphatic heterocycles. The Bertz CT molecular complexity index is 754. The van der Waals surface area contributed by atoms with E-state index in [0.29, 0.717) is 5.69 Å². The van der Waals surface area contributed by atoms with Gasteiger partial charge in [-0.1, -0.05) is 12.1 Å². The Hall–Kier alpha value is -3.16. The predicted molar refractivity (Wildman–Crippen MR) is 89.1 cm³/mol. The number of ether oxygens (including phenoxy) is 2. The average molecular weight is 347 g/mol. The molecule has 2 aromatic rings. The van der Waals surface area contributed by atoms with Crippen LogP contribution < -0.4 is 15.4 Å². The van der Waals surface area contributed by atoms with E-state index in [1.165, 1.54) is 37.7 Å². The molecular formula is C17H18FN3O4. The van der Waals surface area contributed by atoms with Crippen LogP contribution in [0.1, 0.15) is 17.3 Å². The number of anilines is 1. The van der Waals surface area contributed by atoms with Crippen LogP contribution in [0.15, 0.2) is 42.7 Å². The zero-order valence-corrected chi connectivity index (χ0v) is 13.8. The van der Waals surface area contributed by atoms with Gasteiger partial charge in [0.2, 0.25) is 0 Å². The van der Waals surface area contributed by atoms with Gasteiger partial charge in [0, 0.05) is 6.20 Å². The number of para-hydroxylation sites is 1. The molecule has 7 nitrogen and oxygen atoms in total. The van der Waals surface area contributed by atoms with E-state index >= 15 is 0 Å². The summed E-state index contributed by atoms with van der Waals surface area (Å²) in [4.78, 5) is 27.2. The van der Waals surface area contributed by atoms with E-state index < -0.39 is 23.9 Å². The lowest BCUT2D eigenvalue weighted by Gasteiger charge is -2.16. The molecule has 0 bridgehead atoms. The Balaban J connectivity index is 1.84. The maximum atomic E-state index is 13.5. The Kier molecular flexibility index (Phi) is 6.27. The quantitative estimate of drug-likeness (QED) is 0.784. The molecule has 2 rings (SSSR count). The van der Waals surface area contributed by atoms with Crippen molar-refractivity contribution < 1.29 is 23.5 Å². The molecule has 0 saturated carbocycles. The van der Waals surface area contributed by atoms with Crippen LogP contribution in [0.2, 0.25) is 0 Å². The molecule has 0 aliphatic rings. The smallest absolute Gasteiger partial charge is 0.339 e. The minimum absolute atomic E-state index is 0.118. The fourth-order valence-corrected chi connectivity index (χ4v) is 1.95. The molecule has 0 saturated heterocycles. The summed E-state index contributed by atoms with van der Waals surface area (Å²) >= 11 is 0. The molecule has 0 unspecified atom stereocenters. The van der Waals surface area contributed by atoms with Crippen LogP contribution in [0.25, 0.3) is 0 Å². The Morgan fingerprint density at radius 1 is 1.28 bits per heavy atom. The molecule has 132 valence electrons. The number of nitrogens with one attached hydrogen (secondary N) is 2. The van der Waals surface area contributed by atoms with Gasteiger partial charge in [0.1, 0.15) is 6.10 Å². The fourth-order valence-electron chi connectivity index (χ4n) is 1.95. The number of hydrogen-bond acceptors (Lipinski definition) is 5. The van der Waals surface area contributed by atoms with Gasteiger partial charge in [0.05, 0.1) is 31.1 Å². The second-order valence-electron chi connectivity index (χ2n) is 5.15. The number of halogens is 1. The summed E-state index contributed by atoms with van der Waals surface area (Å²) in [5.74, 6) is -0.903. The van der Waals surface area contributed by atoms with E-state index in [1.54, 1.807) is 19.1 Å². The summed E-state index contributed by atoms with van der Waals surface area (Å²) in [6.45, 7) is 1.86. The first-order valence-corrected chi connectivity index (χ1v) is 7.49. The van der Waals surface area contributed by atoms with Crippen LogP contribution in [-0.2, 0) is 4.74 Å². The molecule has 1 aromatic heterocycles. The number of methoxy groups -OCH3 is 1. The summed E-state index contributed by atoms with van der Waals surface area (Å²) in [5.41, 5.74) is 0.555. The highest BCUT2D eigenvalue weighted by Gasteiger charge is 2.11. The van der Waals surface area contributed by atoms with Gasteiger partial charge >= 0.3 is 12.0 Å². The third-order valence-corrected chi connectivity index (χ3v) is 3.13. The lowest BCUT2D eigenvalue weighted by molar-refractivity contribution is 0.0600. The number of carbonyl (C=O) groups is 2. The third kappa shape index (κ3) is 5.45. The molecule has 0 aliphatic carbocycles. The van der Waals surface area contributed by atoms with Crippen molar-refractivity contribution in [1.82, 2.24) is 10.3 Å². The lowest BCUT2D eigenvalue weighted by Crippen LogP contribution is -2.36. The number of aromatic nitrogens is 1. The molecule has 1 atom stereocenters. The van der Waals surface area contributed by atoms with Crippen molar-refractivity contribution in [3.05, 3.63) is 54.1 Å². The van der Waals surface area contributed by atoms with Crippen molar-refractivity contribution in [2.75, 3.05) is 19.0 Å². The normalized spacial score (nSPS) is 11.3. The number of nitrogens with zero attached hydrogens (tertiary/aromatic N) is 1. The minimum atomic E-state index is -0.552. The summed E-state index contributed by atoms with van der Waals surface area (Å²) in [7, 11) is 1.26. The number of esters is 1. The highest BCUT2D eigenvalue weighted by molar-refractivity contribution is 5.93. The van der Waals surface area contributed by atoms with Crippen LogP contribution in [-0.4, -0.2) is 36.7 Å². The monoisotopic (exact) mass is 347 g/mol. The third-order valence-electron chi connectivity index (χ3n) is 3.13. The molecular weight excluding hydrogens is 329 g/mol. The van der Waals surface area contributed by atoms with E-state index in [-0.39, 0.29) is 17.9 Å². The first kappa shape index (κ1) is 18.2. The zero-order chi connectivity index (χ0) is 18.2. The summed E-state index contributed by atoms with van der Waals surface area (Å²) < 4.78 is 23.5. The molecule has 2 N–H and O–H groups in total. The molecule has 0 fully saturated rings. The number of urea groups is 1. The number of amides is 2. The molecule has 0 radical (unpaired) electrons. The van der Waals surface area contributed by atoms with Gasteiger partial charge < -0.3 is 20.1 Å². The molecule has 25 heavy (non-hydrogen) atoms. The van der Waals surface area contributed by atoms with Crippen LogP contribution in [0.3, 0.4) is 0 Å². The van der Waals surface area contributed by atoms with Crippen LogP contribution >= 0.6 is 0 Å². The van der Waals surface area contributed by atoms with E-state index in [2.05, 4.69) is 20.4 Å². The van der Waals surface area contributed by atoms with E-state index in [0.717, 1.165) is 0 Å². The number of carbonyl (C=O) groups excluding carboxylic acids is 2. The van der Waals surface area contributed by atoms with Gasteiger partial charge in [0.25, 0.3) is 0 Å². The van der Waals surface area contributed by atoms with E-state index in [9.17, 15) is 14.0 Å². The van der Waals surface area contributed by atoms with Gasteiger partial charge in [-0.05, 0) is 25.1 Å². The Morgan fingerprint density at radius 2 is 2.04 bits per heavy atom. The van der Waals surface area contributed by atoms with Gasteiger partial charge in [-0.25, -0.2) is 14.0 Å². The number of hydrogen-bond donors (Lipinski definition) is 2. The van der Waals surface area contributed by atoms with Crippen molar-refractivity contribution in [1.29, 1.82) is 0 Å². The first-order chi connectivity index (χ1) is 12.0. The Labute approximate surface area is 144 Å². The highest BCUT2D eigenvalue weighted by atomic mass is 19.1. The van der Waals surface area contributed by atoms with Gasteiger partial charge in [-0.3, -0.25) is 4.98 Å². The van der Waals surface area contributed by atoms with E-state index in [4.69, 9.17) is 4.74 Å². The second-order valence-corrected chi connectivity index (χ2v) is 5.15. The summed E-state index contributed by atoms with van der Waals surface area (Å²) in [6.07, 6.45) is 2.28. The average Bonchev–Trinajstić information content (AvgIpc) is 2.61. The van der Waals surface area contributed by atoms with Crippen LogP contribution in [0, 0.1) is 5.82 Å². The maximum Gasteiger partial charge on any atom is 0.339 e. The zero-order valence-electron chi connectivity index (χ0n) is 13.8. The first-order valence-electron chi connectivity index (χ1n) is 7.49. The lowest BCUT2D eigenvalue weighted by atomic mass is 10.2. The largest absolute Gasteiger partial charge is 0.486 e. The predicted octanol–water partition coefficient (Wildman–Crippen LogP) is 2.60. The standard InChI is InChI=1S/C17H18FN3O4/c1-11(25-15-6-4-3-5-14(15)18)8-20-17(23)21-13-7-12(9-19-10-13)16(22)24-2/h3-7,9-11H,8H2,1-2H3,(H2,20,21,23)/t11-/m0/s1. The van der Waals surface area contributed by atoms with Crippen molar-refractivity contribution in [3.63, 3.8) is 0 Å².